The molecule has 0 aliphatic rings. The molecule has 0 bridgehead atoms. The predicted molar refractivity (Wildman–Crippen MR) is 28.8 cm³/mol. The summed E-state index contributed by atoms with van der Waals surface area (Å²) in [4.78, 5) is 0. The molecule has 0 atom stereocenters. The molecule has 0 aliphatic carbocycles. The van der Waals surface area contributed by atoms with Crippen molar-refractivity contribution in [3.05, 3.63) is 0 Å². The van der Waals surface area contributed by atoms with Gasteiger partial charge in [0.05, 0.1) is 0 Å². The number of hydrogen-bond donors (Lipinski definition) is 0. The van der Waals surface area contributed by atoms with Crippen LogP contribution in [0.15, 0.2) is 0 Å². The zero-order valence-electron chi connectivity index (χ0n) is 5.00. The number of rotatable bonds is 0. The molecule has 0 saturated heterocycles. The van der Waals surface area contributed by atoms with E-state index in [9.17, 15) is 0 Å². The summed E-state index contributed by atoms with van der Waals surface area (Å²) in [5.74, 6) is 0. The second-order valence-corrected chi connectivity index (χ2v) is 0. The Labute approximate surface area is 92.9 Å². The van der Waals surface area contributed by atoms with Crippen molar-refractivity contribution in [2.24, 2.45) is 0 Å². The molecule has 0 unspecified atom stereocenters. The van der Waals surface area contributed by atoms with E-state index in [4.69, 9.17) is 0 Å². The molecular weight excluding hydrogens is 34.7 g/mol. The van der Waals surface area contributed by atoms with Crippen molar-refractivity contribution in [2.75, 3.05) is 0 Å². The van der Waals surface area contributed by atoms with E-state index in [1.54, 1.807) is 0 Å². The van der Waals surface area contributed by atoms with Gasteiger partial charge in [0.2, 0.25) is 0 Å². The van der Waals surface area contributed by atoms with Crippen molar-refractivity contribution in [2.45, 2.75) is 0 Å². The van der Waals surface area contributed by atoms with E-state index in [0.717, 1.165) is 0 Å². The Hall–Kier alpha value is 2.99. The molecule has 5 heteroatoms. The minimum absolute atomic E-state index is 0. The van der Waals surface area contributed by atoms with E-state index < -0.39 is 0 Å². The summed E-state index contributed by atoms with van der Waals surface area (Å²) in [5, 5.41) is 0. The van der Waals surface area contributed by atoms with Gasteiger partial charge in [-0.25, -0.2) is 0 Å². The predicted octanol–water partition coefficient (Wildman–Crippen LogP) is -1.90. The Morgan fingerprint density at radius 3 is 0.200 bits per heavy atom. The van der Waals surface area contributed by atoms with E-state index in [2.05, 4.69) is 0 Å². The molecule has 0 aromatic rings. The molecule has 0 aliphatic heterocycles. The van der Waals surface area contributed by atoms with Crippen LogP contribution in [-0.2, 0) is 0 Å². The van der Waals surface area contributed by atoms with Crippen LogP contribution in [0.4, 0.5) is 0 Å². The SMILES string of the molecule is [Li].[Li].[Li].[Li].[Li]. The van der Waals surface area contributed by atoms with Gasteiger partial charge in [0, 0.05) is 94.3 Å². The fourth-order valence-corrected chi connectivity index (χ4v) is 0. The van der Waals surface area contributed by atoms with Gasteiger partial charge in [0.25, 0.3) is 0 Å². The fourth-order valence-electron chi connectivity index (χ4n) is 0. The largest absolute Gasteiger partial charge is 0 e. The monoisotopic (exact) mass is 35.1 g/mol. The maximum Gasteiger partial charge on any atom is 0 e. The summed E-state index contributed by atoms with van der Waals surface area (Å²) >= 11 is 0. The van der Waals surface area contributed by atoms with Gasteiger partial charge >= 0.3 is 0 Å². The molecule has 0 saturated carbocycles. The van der Waals surface area contributed by atoms with Gasteiger partial charge in [0.15, 0.2) is 0 Å². The molecular formula is Li5. The number of hydrogen-bond acceptors (Lipinski definition) is 0. The molecule has 0 aromatic carbocycles. The van der Waals surface area contributed by atoms with Gasteiger partial charge in [-0.2, -0.15) is 0 Å². The van der Waals surface area contributed by atoms with Crippen molar-refractivity contribution >= 4 is 94.3 Å². The molecule has 0 heterocycles. The van der Waals surface area contributed by atoms with Crippen molar-refractivity contribution < 1.29 is 0 Å². The molecule has 5 radical (unpaired) electrons. The third kappa shape index (κ3) is 19.5. The summed E-state index contributed by atoms with van der Waals surface area (Å²) in [6, 6.07) is 0. The molecule has 5 heavy (non-hydrogen) atoms. The summed E-state index contributed by atoms with van der Waals surface area (Å²) in [6.07, 6.45) is 0. The smallest absolute Gasteiger partial charge is 0 e. The van der Waals surface area contributed by atoms with Crippen LogP contribution >= 0.6 is 0 Å². The topological polar surface area (TPSA) is 0 Å². The fraction of sp³-hybridized carbons (Fsp3) is 0. The van der Waals surface area contributed by atoms with Crippen LogP contribution in [0.2, 0.25) is 0 Å². The van der Waals surface area contributed by atoms with Crippen molar-refractivity contribution in [3.8, 4) is 0 Å². The summed E-state index contributed by atoms with van der Waals surface area (Å²) in [5.41, 5.74) is 0. The Morgan fingerprint density at radius 2 is 0.200 bits per heavy atom. The zero-order chi connectivity index (χ0) is 0. The molecule has 0 aromatic heterocycles. The van der Waals surface area contributed by atoms with E-state index in [1.807, 2.05) is 0 Å². The molecule has 0 fully saturated rings. The van der Waals surface area contributed by atoms with Crippen LogP contribution in [-0.4, -0.2) is 94.3 Å². The van der Waals surface area contributed by atoms with Crippen LogP contribution in [0.3, 0.4) is 0 Å². The Bertz CT molecular complexity index is 0. The van der Waals surface area contributed by atoms with Crippen molar-refractivity contribution in [1.29, 1.82) is 0 Å². The zero-order valence-corrected chi connectivity index (χ0v) is 5.00. The third-order valence-corrected chi connectivity index (χ3v) is 0. The third-order valence-electron chi connectivity index (χ3n) is 0. The quantitative estimate of drug-likeness (QED) is 0.275. The first-order valence-corrected chi connectivity index (χ1v) is 0. The average molecular weight is 34.7 g/mol. The molecule has 0 nitrogen and oxygen atoms in total. The minimum atomic E-state index is 0. The molecule has 0 spiro atoms. The van der Waals surface area contributed by atoms with Gasteiger partial charge < -0.3 is 0 Å². The normalized spacial score (nSPS) is 0. The first kappa shape index (κ1) is 43.7. The summed E-state index contributed by atoms with van der Waals surface area (Å²) < 4.78 is 0. The van der Waals surface area contributed by atoms with E-state index >= 15 is 0 Å². The Kier molecular flexibility index (Phi) is 245. The Morgan fingerprint density at radius 1 is 0.200 bits per heavy atom. The van der Waals surface area contributed by atoms with Crippen LogP contribution in [0.25, 0.3) is 0 Å². The van der Waals surface area contributed by atoms with Gasteiger partial charge in [-0.15, -0.1) is 0 Å². The average Bonchev–Trinajstić information content (AvgIpc) is 0. The van der Waals surface area contributed by atoms with E-state index in [1.165, 1.54) is 0 Å². The summed E-state index contributed by atoms with van der Waals surface area (Å²) in [6.45, 7) is 0. The standard InChI is InChI=1S/5Li. The second kappa shape index (κ2) is 28.1. The van der Waals surface area contributed by atoms with Crippen LogP contribution in [0, 0.1) is 0 Å². The molecule has 0 N–H and O–H groups in total. The second-order valence-electron chi connectivity index (χ2n) is 0. The Balaban J connectivity index is 0. The van der Waals surface area contributed by atoms with Gasteiger partial charge in [0.1, 0.15) is 0 Å². The molecule has 0 rings (SSSR count). The van der Waals surface area contributed by atoms with Crippen LogP contribution in [0.1, 0.15) is 0 Å². The maximum atomic E-state index is 0. The van der Waals surface area contributed by atoms with E-state index in [0.29, 0.717) is 0 Å². The van der Waals surface area contributed by atoms with Crippen molar-refractivity contribution in [1.82, 2.24) is 0 Å². The molecule has 0 amide bonds. The van der Waals surface area contributed by atoms with E-state index in [-0.39, 0.29) is 94.3 Å². The first-order valence-electron chi connectivity index (χ1n) is 0. The van der Waals surface area contributed by atoms with Gasteiger partial charge in [-0.3, -0.25) is 0 Å². The maximum absolute atomic E-state index is 0. The first-order chi connectivity index (χ1) is 0. The van der Waals surface area contributed by atoms with Crippen LogP contribution in [0.5, 0.6) is 0 Å². The molecule has 5 valence electrons. The summed E-state index contributed by atoms with van der Waals surface area (Å²) in [7, 11) is 0. The van der Waals surface area contributed by atoms with Crippen molar-refractivity contribution in [3.63, 3.8) is 0 Å². The van der Waals surface area contributed by atoms with Gasteiger partial charge in [-0.05, 0) is 0 Å². The van der Waals surface area contributed by atoms with Gasteiger partial charge in [-0.1, -0.05) is 0 Å². The van der Waals surface area contributed by atoms with Crippen LogP contribution < -0.4 is 0 Å². The minimum Gasteiger partial charge on any atom is 0 e.